The molecule has 1 aromatic heterocycles. The minimum Gasteiger partial charge on any atom is -0.294 e. The molecule has 0 radical (unpaired) electrons. The second-order valence-corrected chi connectivity index (χ2v) is 7.05. The number of aromatic amines is 1. The van der Waals surface area contributed by atoms with Crippen LogP contribution in [0.15, 0.2) is 52.3 Å². The standard InChI is InChI=1S/C21H21N5O5/c1-4-5-18-20(14(3)22-19-12-17(26(30)31)7-6-13(19)2)21(27)24(23-18)15-8-10-16(11-9-15)25(28)29/h6-12,23H,4-5H2,1-3H3. The van der Waals surface area contributed by atoms with E-state index in [2.05, 4.69) is 10.1 Å². The Labute approximate surface area is 177 Å². The number of aryl methyl sites for hydroxylation is 2. The maximum absolute atomic E-state index is 13.2. The molecular weight excluding hydrogens is 402 g/mol. The fourth-order valence-corrected chi connectivity index (χ4v) is 3.26. The van der Waals surface area contributed by atoms with Gasteiger partial charge in [-0.3, -0.25) is 35.1 Å². The fraction of sp³-hybridized carbons (Fsp3) is 0.238. The lowest BCUT2D eigenvalue weighted by Gasteiger charge is -2.04. The van der Waals surface area contributed by atoms with Gasteiger partial charge in [-0.2, -0.15) is 0 Å². The molecule has 0 aliphatic carbocycles. The summed E-state index contributed by atoms with van der Waals surface area (Å²) < 4.78 is 1.32. The van der Waals surface area contributed by atoms with Crippen LogP contribution in [-0.4, -0.2) is 25.3 Å². The molecule has 2 aromatic carbocycles. The summed E-state index contributed by atoms with van der Waals surface area (Å²) in [4.78, 5) is 38.7. The number of rotatable bonds is 7. The number of hydrogen-bond donors (Lipinski definition) is 1. The lowest BCUT2D eigenvalue weighted by molar-refractivity contribution is -0.385. The van der Waals surface area contributed by atoms with Crippen LogP contribution >= 0.6 is 0 Å². The van der Waals surface area contributed by atoms with Crippen molar-refractivity contribution >= 4 is 22.8 Å². The Kier molecular flexibility index (Phi) is 6.10. The number of nitrogens with zero attached hydrogens (tertiary/aromatic N) is 4. The van der Waals surface area contributed by atoms with Crippen LogP contribution in [0.25, 0.3) is 5.69 Å². The molecule has 0 amide bonds. The average molecular weight is 423 g/mol. The molecule has 0 fully saturated rings. The van der Waals surface area contributed by atoms with Crippen molar-refractivity contribution in [2.75, 3.05) is 0 Å². The largest absolute Gasteiger partial charge is 0.294 e. The van der Waals surface area contributed by atoms with Crippen molar-refractivity contribution in [3.8, 4) is 5.69 Å². The zero-order chi connectivity index (χ0) is 22.7. The van der Waals surface area contributed by atoms with E-state index in [9.17, 15) is 25.0 Å². The van der Waals surface area contributed by atoms with Gasteiger partial charge in [0, 0.05) is 30.0 Å². The Morgan fingerprint density at radius 3 is 2.26 bits per heavy atom. The summed E-state index contributed by atoms with van der Waals surface area (Å²) in [6.45, 7) is 5.44. The number of nitrogens with one attached hydrogen (secondary N) is 1. The van der Waals surface area contributed by atoms with Gasteiger partial charge in [-0.15, -0.1) is 0 Å². The molecule has 1 N–H and O–H groups in total. The number of non-ortho nitro benzene ring substituents is 2. The van der Waals surface area contributed by atoms with Crippen LogP contribution in [0.1, 0.15) is 37.1 Å². The first kappa shape index (κ1) is 21.6. The number of aliphatic imine (C=N–C) groups is 1. The Morgan fingerprint density at radius 1 is 1.06 bits per heavy atom. The van der Waals surface area contributed by atoms with Gasteiger partial charge in [-0.25, -0.2) is 4.68 Å². The molecule has 1 heterocycles. The molecule has 0 atom stereocenters. The smallest absolute Gasteiger partial charge is 0.280 e. The minimum atomic E-state index is -0.507. The van der Waals surface area contributed by atoms with E-state index in [1.165, 1.54) is 41.1 Å². The van der Waals surface area contributed by atoms with E-state index in [1.807, 2.05) is 6.92 Å². The lowest BCUT2D eigenvalue weighted by atomic mass is 10.1. The van der Waals surface area contributed by atoms with Crippen molar-refractivity contribution in [3.05, 3.63) is 89.9 Å². The van der Waals surface area contributed by atoms with Gasteiger partial charge >= 0.3 is 0 Å². The number of benzene rings is 2. The van der Waals surface area contributed by atoms with Crippen LogP contribution in [0, 0.1) is 27.2 Å². The van der Waals surface area contributed by atoms with E-state index in [4.69, 9.17) is 0 Å². The predicted octanol–water partition coefficient (Wildman–Crippen LogP) is 4.38. The molecule has 3 aromatic rings. The third-order valence-electron chi connectivity index (χ3n) is 4.84. The minimum absolute atomic E-state index is 0.0729. The van der Waals surface area contributed by atoms with Gasteiger partial charge in [0.1, 0.15) is 0 Å². The molecule has 0 saturated heterocycles. The zero-order valence-corrected chi connectivity index (χ0v) is 17.3. The maximum atomic E-state index is 13.2. The number of hydrogen-bond acceptors (Lipinski definition) is 6. The lowest BCUT2D eigenvalue weighted by Crippen LogP contribution is -2.19. The van der Waals surface area contributed by atoms with Gasteiger partial charge in [0.25, 0.3) is 16.9 Å². The third kappa shape index (κ3) is 4.42. The number of nitro groups is 2. The summed E-state index contributed by atoms with van der Waals surface area (Å²) in [5.74, 6) is 0. The molecule has 31 heavy (non-hydrogen) atoms. The fourth-order valence-electron chi connectivity index (χ4n) is 3.26. The van der Waals surface area contributed by atoms with E-state index in [1.54, 1.807) is 19.9 Å². The van der Waals surface area contributed by atoms with Crippen molar-refractivity contribution in [2.45, 2.75) is 33.6 Å². The summed E-state index contributed by atoms with van der Waals surface area (Å²) in [6, 6.07) is 10.0. The average Bonchev–Trinajstić information content (AvgIpc) is 3.05. The SMILES string of the molecule is CCCc1[nH]n(-c2ccc([N+](=O)[O-])cc2)c(=O)c1C(C)=Nc1cc([N+](=O)[O-])ccc1C. The highest BCUT2D eigenvalue weighted by molar-refractivity contribution is 6.01. The first-order chi connectivity index (χ1) is 14.7. The summed E-state index contributed by atoms with van der Waals surface area (Å²) in [6.07, 6.45) is 1.36. The molecule has 0 bridgehead atoms. The van der Waals surface area contributed by atoms with Gasteiger partial charge in [-0.05, 0) is 38.0 Å². The highest BCUT2D eigenvalue weighted by atomic mass is 16.6. The molecule has 3 rings (SSSR count). The van der Waals surface area contributed by atoms with Gasteiger partial charge in [0.05, 0.1) is 32.5 Å². The van der Waals surface area contributed by atoms with E-state index in [-0.39, 0.29) is 16.9 Å². The Morgan fingerprint density at radius 2 is 1.68 bits per heavy atom. The van der Waals surface area contributed by atoms with Crippen LogP contribution in [0.4, 0.5) is 17.1 Å². The monoisotopic (exact) mass is 423 g/mol. The highest BCUT2D eigenvalue weighted by Gasteiger charge is 2.19. The number of H-pyrrole nitrogens is 1. The van der Waals surface area contributed by atoms with Crippen LogP contribution in [0.3, 0.4) is 0 Å². The van der Waals surface area contributed by atoms with Crippen LogP contribution in [0.2, 0.25) is 0 Å². The molecule has 0 spiro atoms. The van der Waals surface area contributed by atoms with E-state index in [0.717, 1.165) is 12.0 Å². The van der Waals surface area contributed by atoms with Gasteiger partial charge in [0.2, 0.25) is 0 Å². The Balaban J connectivity index is 2.11. The van der Waals surface area contributed by atoms with E-state index < -0.39 is 9.85 Å². The summed E-state index contributed by atoms with van der Waals surface area (Å²) in [5.41, 5.74) is 2.60. The van der Waals surface area contributed by atoms with Gasteiger partial charge in [0.15, 0.2) is 0 Å². The molecule has 0 unspecified atom stereocenters. The third-order valence-corrected chi connectivity index (χ3v) is 4.84. The highest BCUT2D eigenvalue weighted by Crippen LogP contribution is 2.25. The molecule has 0 aliphatic rings. The van der Waals surface area contributed by atoms with Crippen molar-refractivity contribution in [2.24, 2.45) is 4.99 Å². The van der Waals surface area contributed by atoms with E-state index >= 15 is 0 Å². The van der Waals surface area contributed by atoms with Crippen molar-refractivity contribution in [1.29, 1.82) is 0 Å². The first-order valence-corrected chi connectivity index (χ1v) is 9.62. The first-order valence-electron chi connectivity index (χ1n) is 9.62. The van der Waals surface area contributed by atoms with Crippen LogP contribution < -0.4 is 5.56 Å². The summed E-state index contributed by atoms with van der Waals surface area (Å²) in [5, 5.41) is 25.1. The molecular formula is C21H21N5O5. The molecule has 160 valence electrons. The van der Waals surface area contributed by atoms with Crippen molar-refractivity contribution < 1.29 is 9.85 Å². The summed E-state index contributed by atoms with van der Waals surface area (Å²) in [7, 11) is 0. The van der Waals surface area contributed by atoms with Crippen molar-refractivity contribution in [3.63, 3.8) is 0 Å². The zero-order valence-electron chi connectivity index (χ0n) is 17.3. The van der Waals surface area contributed by atoms with Crippen LogP contribution in [0.5, 0.6) is 0 Å². The second-order valence-electron chi connectivity index (χ2n) is 7.05. The van der Waals surface area contributed by atoms with Crippen LogP contribution in [-0.2, 0) is 6.42 Å². The Bertz CT molecular complexity index is 1240. The van der Waals surface area contributed by atoms with E-state index in [0.29, 0.717) is 34.8 Å². The number of nitro benzene ring substituents is 2. The topological polar surface area (TPSA) is 136 Å². The van der Waals surface area contributed by atoms with Crippen molar-refractivity contribution in [1.82, 2.24) is 9.78 Å². The van der Waals surface area contributed by atoms with Gasteiger partial charge in [-0.1, -0.05) is 19.4 Å². The Hall–Kier alpha value is -4.08. The van der Waals surface area contributed by atoms with Gasteiger partial charge < -0.3 is 0 Å². The molecule has 0 saturated carbocycles. The summed E-state index contributed by atoms with van der Waals surface area (Å²) >= 11 is 0. The molecule has 10 nitrogen and oxygen atoms in total. The second kappa shape index (κ2) is 8.74. The quantitative estimate of drug-likeness (QED) is 0.341. The molecule has 10 heteroatoms. The number of aromatic nitrogens is 2. The maximum Gasteiger partial charge on any atom is 0.280 e. The normalized spacial score (nSPS) is 11.5. The predicted molar refractivity (Wildman–Crippen MR) is 117 cm³/mol. The molecule has 0 aliphatic heterocycles.